The molecule has 0 saturated carbocycles. The van der Waals surface area contributed by atoms with Crippen molar-refractivity contribution in [3.05, 3.63) is 58.3 Å². The van der Waals surface area contributed by atoms with Gasteiger partial charge in [-0.2, -0.15) is 0 Å². The first kappa shape index (κ1) is 14.5. The van der Waals surface area contributed by atoms with Gasteiger partial charge in [-0.3, -0.25) is 4.79 Å². The lowest BCUT2D eigenvalue weighted by atomic mass is 10.1. The Morgan fingerprint density at radius 1 is 1.30 bits per heavy atom. The van der Waals surface area contributed by atoms with Crippen LogP contribution in [0.1, 0.15) is 17.3 Å². The molecule has 0 radical (unpaired) electrons. The van der Waals surface area contributed by atoms with Gasteiger partial charge in [0, 0.05) is 22.4 Å². The van der Waals surface area contributed by atoms with Gasteiger partial charge in [-0.15, -0.1) is 0 Å². The maximum Gasteiger partial charge on any atom is 0.261 e. The van der Waals surface area contributed by atoms with E-state index in [1.165, 1.54) is 17.0 Å². The van der Waals surface area contributed by atoms with Gasteiger partial charge in [0.05, 0.1) is 5.56 Å². The van der Waals surface area contributed by atoms with Gasteiger partial charge in [0.2, 0.25) is 0 Å². The average molecular weight is 337 g/mol. The van der Waals surface area contributed by atoms with Crippen LogP contribution in [0.3, 0.4) is 0 Å². The summed E-state index contributed by atoms with van der Waals surface area (Å²) in [6.45, 7) is 2.26. The summed E-state index contributed by atoms with van der Waals surface area (Å²) < 4.78 is 14.5. The average Bonchev–Trinajstić information content (AvgIpc) is 2.39. The van der Waals surface area contributed by atoms with Gasteiger partial charge in [0.15, 0.2) is 0 Å². The quantitative estimate of drug-likeness (QED) is 0.865. The van der Waals surface area contributed by atoms with Gasteiger partial charge in [-0.25, -0.2) is 4.39 Å². The molecule has 2 aromatic carbocycles. The monoisotopic (exact) mass is 336 g/mol. The minimum Gasteiger partial charge on any atom is -0.399 e. The molecule has 2 rings (SSSR count). The van der Waals surface area contributed by atoms with Crippen LogP contribution in [0.25, 0.3) is 0 Å². The van der Waals surface area contributed by atoms with E-state index in [2.05, 4.69) is 15.9 Å². The molecule has 2 N–H and O–H groups in total. The fraction of sp³-hybridized carbons (Fsp3) is 0.133. The first-order chi connectivity index (χ1) is 9.52. The van der Waals surface area contributed by atoms with Gasteiger partial charge in [0.1, 0.15) is 5.82 Å². The maximum atomic E-state index is 13.9. The van der Waals surface area contributed by atoms with Crippen LogP contribution in [0.2, 0.25) is 0 Å². The number of amides is 1. The van der Waals surface area contributed by atoms with Crippen molar-refractivity contribution in [1.29, 1.82) is 0 Å². The second-order valence-corrected chi connectivity index (χ2v) is 5.18. The fourth-order valence-corrected chi connectivity index (χ4v) is 2.28. The Morgan fingerprint density at radius 2 is 2.05 bits per heavy atom. The van der Waals surface area contributed by atoms with Crippen LogP contribution < -0.4 is 10.6 Å². The Hall–Kier alpha value is -1.88. The Labute approximate surface area is 125 Å². The van der Waals surface area contributed by atoms with Crippen molar-refractivity contribution in [1.82, 2.24) is 0 Å². The SMILES string of the molecule is CCN(C(=O)c1ccc(Br)cc1F)c1cccc(N)c1. The highest BCUT2D eigenvalue weighted by atomic mass is 79.9. The molecule has 0 bridgehead atoms. The van der Waals surface area contributed by atoms with E-state index in [1.54, 1.807) is 30.3 Å². The summed E-state index contributed by atoms with van der Waals surface area (Å²) in [6, 6.07) is 11.4. The summed E-state index contributed by atoms with van der Waals surface area (Å²) in [5.74, 6) is -0.935. The first-order valence-electron chi connectivity index (χ1n) is 6.15. The van der Waals surface area contributed by atoms with Crippen LogP contribution >= 0.6 is 15.9 Å². The van der Waals surface area contributed by atoms with Gasteiger partial charge in [0.25, 0.3) is 5.91 Å². The van der Waals surface area contributed by atoms with Crippen LogP contribution in [-0.2, 0) is 0 Å². The molecule has 0 unspecified atom stereocenters. The predicted octanol–water partition coefficient (Wildman–Crippen LogP) is 3.84. The van der Waals surface area contributed by atoms with E-state index < -0.39 is 5.82 Å². The van der Waals surface area contributed by atoms with E-state index in [9.17, 15) is 9.18 Å². The van der Waals surface area contributed by atoms with E-state index in [4.69, 9.17) is 5.73 Å². The molecular formula is C15H14BrFN2O. The van der Waals surface area contributed by atoms with Crippen molar-refractivity contribution in [2.45, 2.75) is 6.92 Å². The summed E-state index contributed by atoms with van der Waals surface area (Å²) >= 11 is 3.17. The number of carbonyl (C=O) groups excluding carboxylic acids is 1. The third-order valence-electron chi connectivity index (χ3n) is 2.90. The van der Waals surface area contributed by atoms with E-state index >= 15 is 0 Å². The number of anilines is 2. The molecule has 0 saturated heterocycles. The van der Waals surface area contributed by atoms with Crippen molar-refractivity contribution in [2.24, 2.45) is 0 Å². The van der Waals surface area contributed by atoms with E-state index in [1.807, 2.05) is 6.92 Å². The third-order valence-corrected chi connectivity index (χ3v) is 3.40. The van der Waals surface area contributed by atoms with Gasteiger partial charge >= 0.3 is 0 Å². The zero-order valence-electron chi connectivity index (χ0n) is 10.9. The molecule has 104 valence electrons. The molecule has 0 spiro atoms. The standard InChI is InChI=1S/C15H14BrFN2O/c1-2-19(12-5-3-4-11(18)9-12)15(20)13-7-6-10(16)8-14(13)17/h3-9H,2,18H2,1H3. The topological polar surface area (TPSA) is 46.3 Å². The normalized spacial score (nSPS) is 10.3. The lowest BCUT2D eigenvalue weighted by Gasteiger charge is -2.21. The van der Waals surface area contributed by atoms with Crippen molar-refractivity contribution in [3.8, 4) is 0 Å². The van der Waals surface area contributed by atoms with Crippen LogP contribution in [0.4, 0.5) is 15.8 Å². The van der Waals surface area contributed by atoms with Crippen LogP contribution in [-0.4, -0.2) is 12.5 Å². The van der Waals surface area contributed by atoms with Gasteiger partial charge in [-0.05, 0) is 43.3 Å². The minimum absolute atomic E-state index is 0.0393. The molecule has 0 aliphatic carbocycles. The maximum absolute atomic E-state index is 13.9. The van der Waals surface area contributed by atoms with Crippen molar-refractivity contribution >= 4 is 33.2 Å². The largest absolute Gasteiger partial charge is 0.399 e. The molecular weight excluding hydrogens is 323 g/mol. The molecule has 2 aromatic rings. The number of nitrogen functional groups attached to an aromatic ring is 1. The van der Waals surface area contributed by atoms with Crippen molar-refractivity contribution in [3.63, 3.8) is 0 Å². The molecule has 0 aliphatic heterocycles. The summed E-state index contributed by atoms with van der Waals surface area (Å²) in [4.78, 5) is 13.9. The predicted molar refractivity (Wildman–Crippen MR) is 82.3 cm³/mol. The molecule has 0 aromatic heterocycles. The molecule has 0 aliphatic rings. The highest BCUT2D eigenvalue weighted by Crippen LogP contribution is 2.22. The number of hydrogen-bond acceptors (Lipinski definition) is 2. The molecule has 3 nitrogen and oxygen atoms in total. The van der Waals surface area contributed by atoms with Crippen LogP contribution in [0.15, 0.2) is 46.9 Å². The first-order valence-corrected chi connectivity index (χ1v) is 6.94. The molecule has 0 atom stereocenters. The second-order valence-electron chi connectivity index (χ2n) is 4.27. The molecule has 20 heavy (non-hydrogen) atoms. The number of nitrogens with zero attached hydrogens (tertiary/aromatic N) is 1. The number of benzene rings is 2. The number of nitrogens with two attached hydrogens (primary N) is 1. The Kier molecular flexibility index (Phi) is 4.39. The zero-order valence-corrected chi connectivity index (χ0v) is 12.5. The second kappa shape index (κ2) is 6.05. The van der Waals surface area contributed by atoms with E-state index in [-0.39, 0.29) is 11.5 Å². The van der Waals surface area contributed by atoms with Crippen molar-refractivity contribution in [2.75, 3.05) is 17.2 Å². The van der Waals surface area contributed by atoms with E-state index in [0.29, 0.717) is 22.4 Å². The molecule has 0 heterocycles. The number of hydrogen-bond donors (Lipinski definition) is 1. The van der Waals surface area contributed by atoms with Crippen LogP contribution in [0, 0.1) is 5.82 Å². The highest BCUT2D eigenvalue weighted by Gasteiger charge is 2.19. The smallest absolute Gasteiger partial charge is 0.261 e. The number of halogens is 2. The fourth-order valence-electron chi connectivity index (χ4n) is 1.94. The molecule has 1 amide bonds. The summed E-state index contributed by atoms with van der Waals surface area (Å²) in [5, 5.41) is 0. The zero-order chi connectivity index (χ0) is 14.7. The lowest BCUT2D eigenvalue weighted by Crippen LogP contribution is -2.31. The van der Waals surface area contributed by atoms with Crippen LogP contribution in [0.5, 0.6) is 0 Å². The Bertz CT molecular complexity index is 646. The van der Waals surface area contributed by atoms with Gasteiger partial charge in [-0.1, -0.05) is 22.0 Å². The van der Waals surface area contributed by atoms with Crippen molar-refractivity contribution < 1.29 is 9.18 Å². The lowest BCUT2D eigenvalue weighted by molar-refractivity contribution is 0.0984. The molecule has 5 heteroatoms. The summed E-state index contributed by atoms with van der Waals surface area (Å²) in [5.41, 5.74) is 6.97. The molecule has 0 fully saturated rings. The number of rotatable bonds is 3. The minimum atomic E-state index is -0.549. The Balaban J connectivity index is 2.39. The number of carbonyl (C=O) groups is 1. The van der Waals surface area contributed by atoms with Gasteiger partial charge < -0.3 is 10.6 Å². The summed E-state index contributed by atoms with van der Waals surface area (Å²) in [7, 11) is 0. The highest BCUT2D eigenvalue weighted by molar-refractivity contribution is 9.10. The Morgan fingerprint density at radius 3 is 2.65 bits per heavy atom. The summed E-state index contributed by atoms with van der Waals surface area (Å²) in [6.07, 6.45) is 0. The van der Waals surface area contributed by atoms with E-state index in [0.717, 1.165) is 0 Å². The third kappa shape index (κ3) is 2.99.